The van der Waals surface area contributed by atoms with Gasteiger partial charge in [-0.05, 0) is 32.4 Å². The third-order valence-electron chi connectivity index (χ3n) is 2.56. The third kappa shape index (κ3) is 1.59. The van der Waals surface area contributed by atoms with Crippen molar-refractivity contribution < 1.29 is 0 Å². The summed E-state index contributed by atoms with van der Waals surface area (Å²) in [6, 6.07) is 8.15. The molecule has 0 fully saturated rings. The van der Waals surface area contributed by atoms with Gasteiger partial charge in [-0.25, -0.2) is 4.98 Å². The predicted molar refractivity (Wildman–Crippen MR) is 64.7 cm³/mol. The largest absolute Gasteiger partial charge is 0.337 e. The zero-order valence-electron chi connectivity index (χ0n) is 9.63. The first kappa shape index (κ1) is 10.4. The molecule has 0 amide bonds. The van der Waals surface area contributed by atoms with Crippen LogP contribution < -0.4 is 0 Å². The van der Waals surface area contributed by atoms with Gasteiger partial charge in [-0.3, -0.25) is 0 Å². The van der Waals surface area contributed by atoms with E-state index in [4.69, 9.17) is 5.26 Å². The molecule has 0 unspecified atom stereocenters. The van der Waals surface area contributed by atoms with Crippen LogP contribution in [0.15, 0.2) is 23.8 Å². The van der Waals surface area contributed by atoms with Crippen molar-refractivity contribution in [2.75, 3.05) is 0 Å². The second-order valence-electron chi connectivity index (χ2n) is 4.04. The molecule has 0 atom stereocenters. The van der Waals surface area contributed by atoms with Crippen molar-refractivity contribution in [2.24, 2.45) is 0 Å². The summed E-state index contributed by atoms with van der Waals surface area (Å²) in [5.74, 6) is 0.659. The predicted octanol–water partition coefficient (Wildman–Crippen LogP) is 3.19. The number of H-pyrrole nitrogens is 1. The molecule has 0 aliphatic carbocycles. The molecule has 16 heavy (non-hydrogen) atoms. The van der Waals surface area contributed by atoms with Crippen LogP contribution in [0.3, 0.4) is 0 Å². The lowest BCUT2D eigenvalue weighted by molar-refractivity contribution is 1.24. The van der Waals surface area contributed by atoms with Gasteiger partial charge in [0.15, 0.2) is 0 Å². The number of aromatic amines is 1. The average Bonchev–Trinajstić information content (AvgIpc) is 2.63. The van der Waals surface area contributed by atoms with Crippen molar-refractivity contribution in [2.45, 2.75) is 20.8 Å². The van der Waals surface area contributed by atoms with Crippen molar-refractivity contribution in [1.82, 2.24) is 9.97 Å². The molecule has 0 bridgehead atoms. The Kier molecular flexibility index (Phi) is 2.49. The normalized spacial score (nSPS) is 10.1. The first-order valence-corrected chi connectivity index (χ1v) is 5.16. The number of nitrogens with zero attached hydrogens (tertiary/aromatic N) is 2. The van der Waals surface area contributed by atoms with E-state index in [9.17, 15) is 0 Å². The average molecular weight is 211 g/mol. The number of nitrogens with one attached hydrogen (secondary N) is 1. The van der Waals surface area contributed by atoms with Crippen LogP contribution >= 0.6 is 0 Å². The molecule has 0 radical (unpaired) electrons. The number of hydrogen-bond donors (Lipinski definition) is 1. The van der Waals surface area contributed by atoms with Crippen molar-refractivity contribution in [3.05, 3.63) is 35.2 Å². The number of fused-ring (bicyclic) bond motifs is 1. The molecule has 0 saturated heterocycles. The molecule has 0 saturated carbocycles. The Hall–Kier alpha value is -2.08. The van der Waals surface area contributed by atoms with Crippen LogP contribution in [0.1, 0.15) is 25.2 Å². The van der Waals surface area contributed by atoms with Crippen LogP contribution in [0.5, 0.6) is 0 Å². The standard InChI is InChI=1S/C13H13N3/c1-8(2)10(7-14)13-15-11-6-4-5-9(3)12(11)16-13/h4-6H,1-3H3,(H,15,16). The van der Waals surface area contributed by atoms with Gasteiger partial charge >= 0.3 is 0 Å². The molecule has 1 N–H and O–H groups in total. The van der Waals surface area contributed by atoms with E-state index in [-0.39, 0.29) is 0 Å². The van der Waals surface area contributed by atoms with E-state index in [0.717, 1.165) is 22.2 Å². The fraction of sp³-hybridized carbons (Fsp3) is 0.231. The Bertz CT molecular complexity index is 608. The summed E-state index contributed by atoms with van der Waals surface area (Å²) in [5.41, 5.74) is 4.62. The molecule has 0 spiro atoms. The second-order valence-corrected chi connectivity index (χ2v) is 4.04. The SMILES string of the molecule is CC(C)=C(C#N)c1nc2c(C)cccc2[nH]1. The van der Waals surface area contributed by atoms with Gasteiger partial charge in [-0.15, -0.1) is 0 Å². The van der Waals surface area contributed by atoms with Crippen LogP contribution in [0, 0.1) is 18.3 Å². The molecule has 1 aromatic carbocycles. The van der Waals surface area contributed by atoms with Gasteiger partial charge in [0, 0.05) is 0 Å². The van der Waals surface area contributed by atoms with Crippen LogP contribution in [-0.2, 0) is 0 Å². The summed E-state index contributed by atoms with van der Waals surface area (Å²) in [6.07, 6.45) is 0. The van der Waals surface area contributed by atoms with E-state index in [0.29, 0.717) is 11.4 Å². The van der Waals surface area contributed by atoms with Gasteiger partial charge in [-0.2, -0.15) is 5.26 Å². The highest BCUT2D eigenvalue weighted by atomic mass is 14.9. The van der Waals surface area contributed by atoms with Crippen LogP contribution in [0.2, 0.25) is 0 Å². The van der Waals surface area contributed by atoms with E-state index in [1.165, 1.54) is 0 Å². The van der Waals surface area contributed by atoms with Gasteiger partial charge in [-0.1, -0.05) is 17.7 Å². The molecule has 3 nitrogen and oxygen atoms in total. The van der Waals surface area contributed by atoms with Crippen LogP contribution in [0.4, 0.5) is 0 Å². The summed E-state index contributed by atoms with van der Waals surface area (Å²) >= 11 is 0. The minimum Gasteiger partial charge on any atom is -0.337 e. The number of para-hydroxylation sites is 1. The number of aromatic nitrogens is 2. The maximum absolute atomic E-state index is 9.08. The highest BCUT2D eigenvalue weighted by Gasteiger charge is 2.09. The highest BCUT2D eigenvalue weighted by Crippen LogP contribution is 2.21. The Balaban J connectivity index is 2.70. The third-order valence-corrected chi connectivity index (χ3v) is 2.56. The minimum atomic E-state index is 0.621. The lowest BCUT2D eigenvalue weighted by Crippen LogP contribution is -1.86. The lowest BCUT2D eigenvalue weighted by Gasteiger charge is -1.94. The fourth-order valence-corrected chi connectivity index (χ4v) is 1.70. The van der Waals surface area contributed by atoms with Gasteiger partial charge in [0.2, 0.25) is 0 Å². The number of aryl methyl sites for hydroxylation is 1. The molecular weight excluding hydrogens is 198 g/mol. The van der Waals surface area contributed by atoms with Gasteiger partial charge in [0.1, 0.15) is 11.9 Å². The summed E-state index contributed by atoms with van der Waals surface area (Å²) in [5, 5.41) is 9.08. The van der Waals surface area contributed by atoms with Crippen molar-refractivity contribution >= 4 is 16.6 Å². The first-order valence-electron chi connectivity index (χ1n) is 5.16. The van der Waals surface area contributed by atoms with E-state index in [2.05, 4.69) is 16.0 Å². The molecule has 1 heterocycles. The molecule has 80 valence electrons. The van der Waals surface area contributed by atoms with E-state index in [1.54, 1.807) is 0 Å². The molecule has 2 aromatic rings. The number of rotatable bonds is 1. The van der Waals surface area contributed by atoms with Gasteiger partial charge in [0.05, 0.1) is 16.6 Å². The van der Waals surface area contributed by atoms with Crippen molar-refractivity contribution in [3.63, 3.8) is 0 Å². The Morgan fingerprint density at radius 2 is 2.12 bits per heavy atom. The fourth-order valence-electron chi connectivity index (χ4n) is 1.70. The molecule has 2 rings (SSSR count). The molecule has 0 aliphatic heterocycles. The minimum absolute atomic E-state index is 0.621. The van der Waals surface area contributed by atoms with Crippen molar-refractivity contribution in [1.29, 1.82) is 5.26 Å². The Labute approximate surface area is 94.4 Å². The Morgan fingerprint density at radius 1 is 1.38 bits per heavy atom. The zero-order chi connectivity index (χ0) is 11.7. The van der Waals surface area contributed by atoms with Crippen LogP contribution in [0.25, 0.3) is 16.6 Å². The zero-order valence-corrected chi connectivity index (χ0v) is 9.63. The second kappa shape index (κ2) is 3.82. The quantitative estimate of drug-likeness (QED) is 0.736. The number of hydrogen-bond acceptors (Lipinski definition) is 2. The highest BCUT2D eigenvalue weighted by molar-refractivity contribution is 5.84. The Morgan fingerprint density at radius 3 is 2.69 bits per heavy atom. The molecular formula is C13H13N3. The maximum Gasteiger partial charge on any atom is 0.149 e. The van der Waals surface area contributed by atoms with Crippen LogP contribution in [-0.4, -0.2) is 9.97 Å². The van der Waals surface area contributed by atoms with E-state index >= 15 is 0 Å². The summed E-state index contributed by atoms with van der Waals surface area (Å²) < 4.78 is 0. The topological polar surface area (TPSA) is 52.5 Å². The lowest BCUT2D eigenvalue weighted by atomic mass is 10.1. The number of imidazole rings is 1. The van der Waals surface area contributed by atoms with E-state index in [1.807, 2.05) is 39.0 Å². The monoisotopic (exact) mass is 211 g/mol. The smallest absolute Gasteiger partial charge is 0.149 e. The first-order chi connectivity index (χ1) is 7.63. The maximum atomic E-state index is 9.08. The van der Waals surface area contributed by atoms with Gasteiger partial charge < -0.3 is 4.98 Å². The summed E-state index contributed by atoms with van der Waals surface area (Å²) in [6.45, 7) is 5.85. The summed E-state index contributed by atoms with van der Waals surface area (Å²) in [4.78, 5) is 7.65. The van der Waals surface area contributed by atoms with Gasteiger partial charge in [0.25, 0.3) is 0 Å². The molecule has 0 aliphatic rings. The molecule has 1 aromatic heterocycles. The van der Waals surface area contributed by atoms with E-state index < -0.39 is 0 Å². The summed E-state index contributed by atoms with van der Waals surface area (Å²) in [7, 11) is 0. The number of nitriles is 1. The number of benzene rings is 1. The number of allylic oxidation sites excluding steroid dienone is 2. The van der Waals surface area contributed by atoms with Crippen molar-refractivity contribution in [3.8, 4) is 6.07 Å². The molecule has 3 heteroatoms.